The molecular weight excluding hydrogens is 478 g/mol. The summed E-state index contributed by atoms with van der Waals surface area (Å²) in [7, 11) is 0. The van der Waals surface area contributed by atoms with Gasteiger partial charge in [-0.05, 0) is 70.1 Å². The second-order valence-corrected chi connectivity index (χ2v) is 11.5. The molecule has 0 aliphatic heterocycles. The quantitative estimate of drug-likeness (QED) is 0.249. The van der Waals surface area contributed by atoms with Gasteiger partial charge in [0, 0.05) is 13.1 Å². The number of unbranched alkanes of at least 4 members (excludes halogenated alkanes) is 4. The molecule has 0 spiro atoms. The van der Waals surface area contributed by atoms with E-state index in [0.29, 0.717) is 19.5 Å². The van der Waals surface area contributed by atoms with Gasteiger partial charge in [0.05, 0.1) is 0 Å². The number of nitrogens with zero attached hydrogens (tertiary/aromatic N) is 1. The Morgan fingerprint density at radius 1 is 0.947 bits per heavy atom. The van der Waals surface area contributed by atoms with Crippen molar-refractivity contribution in [3.63, 3.8) is 0 Å². The van der Waals surface area contributed by atoms with Crippen molar-refractivity contribution in [2.45, 2.75) is 125 Å². The van der Waals surface area contributed by atoms with Gasteiger partial charge in [0.25, 0.3) is 0 Å². The van der Waals surface area contributed by atoms with Crippen molar-refractivity contribution in [1.29, 1.82) is 0 Å². The lowest BCUT2D eigenvalue weighted by Crippen LogP contribution is -2.55. The molecule has 0 aliphatic carbocycles. The lowest BCUT2D eigenvalue weighted by atomic mass is 9.94. The van der Waals surface area contributed by atoms with Crippen molar-refractivity contribution < 1.29 is 19.1 Å². The average Bonchev–Trinajstić information content (AvgIpc) is 2.84. The van der Waals surface area contributed by atoms with Gasteiger partial charge in [-0.3, -0.25) is 9.59 Å². The van der Waals surface area contributed by atoms with Crippen molar-refractivity contribution in [3.8, 4) is 0 Å². The summed E-state index contributed by atoms with van der Waals surface area (Å²) in [5.74, 6) is -0.584. The topological polar surface area (TPSA) is 87.7 Å². The van der Waals surface area contributed by atoms with Crippen LogP contribution in [0.1, 0.15) is 116 Å². The minimum Gasteiger partial charge on any atom is -0.444 e. The second-order valence-electron chi connectivity index (χ2n) is 11.5. The van der Waals surface area contributed by atoms with Crippen LogP contribution >= 0.6 is 0 Å². The van der Waals surface area contributed by atoms with Gasteiger partial charge in [0.15, 0.2) is 0 Å². The SMILES string of the molecule is CCCCCNC(=O)C(c1ccc(C)c(C)c1)N(CCCCC)C(=O)C(NC(=O)OC(C)(C)C)C(C)CC. The van der Waals surface area contributed by atoms with E-state index < -0.39 is 23.8 Å². The molecule has 0 aliphatic rings. The first kappa shape index (κ1) is 33.5. The predicted octanol–water partition coefficient (Wildman–Crippen LogP) is 6.61. The summed E-state index contributed by atoms with van der Waals surface area (Å²) in [6.07, 6.45) is 5.74. The molecule has 0 saturated heterocycles. The van der Waals surface area contributed by atoms with Crippen LogP contribution in [0.3, 0.4) is 0 Å². The number of alkyl carbamates (subject to hydrolysis) is 1. The highest BCUT2D eigenvalue weighted by molar-refractivity contribution is 5.92. The van der Waals surface area contributed by atoms with Gasteiger partial charge in [0.2, 0.25) is 11.8 Å². The molecule has 0 heterocycles. The zero-order valence-corrected chi connectivity index (χ0v) is 25.4. The normalized spacial score (nSPS) is 13.8. The number of ether oxygens (including phenoxy) is 1. The summed E-state index contributed by atoms with van der Waals surface area (Å²) in [6.45, 7) is 18.6. The third-order valence-electron chi connectivity index (χ3n) is 6.92. The molecule has 2 N–H and O–H groups in total. The molecule has 7 nitrogen and oxygen atoms in total. The molecule has 38 heavy (non-hydrogen) atoms. The molecule has 1 aromatic carbocycles. The van der Waals surface area contributed by atoms with Gasteiger partial charge in [-0.15, -0.1) is 0 Å². The molecule has 0 aromatic heterocycles. The Kier molecular flexibility index (Phi) is 14.4. The molecular formula is C31H53N3O4. The fourth-order valence-electron chi connectivity index (χ4n) is 4.29. The first-order chi connectivity index (χ1) is 17.9. The van der Waals surface area contributed by atoms with E-state index in [4.69, 9.17) is 4.74 Å². The van der Waals surface area contributed by atoms with Crippen LogP contribution in [0.25, 0.3) is 0 Å². The van der Waals surface area contributed by atoms with Crippen LogP contribution in [0, 0.1) is 19.8 Å². The fourth-order valence-corrected chi connectivity index (χ4v) is 4.29. The van der Waals surface area contributed by atoms with E-state index in [9.17, 15) is 14.4 Å². The Labute approximate surface area is 231 Å². The zero-order valence-electron chi connectivity index (χ0n) is 25.4. The summed E-state index contributed by atoms with van der Waals surface area (Å²) in [4.78, 5) is 42.4. The van der Waals surface area contributed by atoms with Gasteiger partial charge < -0.3 is 20.3 Å². The molecule has 0 bridgehead atoms. The molecule has 1 aromatic rings. The maximum Gasteiger partial charge on any atom is 0.408 e. The molecule has 3 unspecified atom stereocenters. The van der Waals surface area contributed by atoms with Crippen LogP contribution in [0.5, 0.6) is 0 Å². The zero-order chi connectivity index (χ0) is 28.9. The fraction of sp³-hybridized carbons (Fsp3) is 0.710. The second kappa shape index (κ2) is 16.4. The molecule has 216 valence electrons. The number of carbonyl (C=O) groups excluding carboxylic acids is 3. The maximum atomic E-state index is 14.3. The number of aryl methyl sites for hydroxylation is 2. The van der Waals surface area contributed by atoms with Gasteiger partial charge in [0.1, 0.15) is 17.7 Å². The monoisotopic (exact) mass is 531 g/mol. The van der Waals surface area contributed by atoms with Crippen LogP contribution in [-0.4, -0.2) is 47.5 Å². The minimum absolute atomic E-state index is 0.142. The number of amides is 3. The predicted molar refractivity (Wildman–Crippen MR) is 155 cm³/mol. The Morgan fingerprint density at radius 2 is 1.58 bits per heavy atom. The van der Waals surface area contributed by atoms with Crippen molar-refractivity contribution in [2.75, 3.05) is 13.1 Å². The van der Waals surface area contributed by atoms with Crippen LogP contribution < -0.4 is 10.6 Å². The molecule has 0 saturated carbocycles. The number of hydrogen-bond acceptors (Lipinski definition) is 4. The summed E-state index contributed by atoms with van der Waals surface area (Å²) in [5.41, 5.74) is 2.29. The highest BCUT2D eigenvalue weighted by atomic mass is 16.6. The molecule has 1 rings (SSSR count). The molecule has 7 heteroatoms. The summed E-state index contributed by atoms with van der Waals surface area (Å²) in [5, 5.41) is 5.92. The largest absolute Gasteiger partial charge is 0.444 e. The van der Waals surface area contributed by atoms with Crippen LogP contribution in [0.2, 0.25) is 0 Å². The van der Waals surface area contributed by atoms with E-state index in [0.717, 1.165) is 55.2 Å². The smallest absolute Gasteiger partial charge is 0.408 e. The lowest BCUT2D eigenvalue weighted by molar-refractivity contribution is -0.143. The van der Waals surface area contributed by atoms with Gasteiger partial charge in [-0.2, -0.15) is 0 Å². The average molecular weight is 532 g/mol. The van der Waals surface area contributed by atoms with Crippen LogP contribution in [-0.2, 0) is 14.3 Å². The first-order valence-electron chi connectivity index (χ1n) is 14.5. The van der Waals surface area contributed by atoms with Crippen LogP contribution in [0.15, 0.2) is 18.2 Å². The number of nitrogens with one attached hydrogen (secondary N) is 2. The van der Waals surface area contributed by atoms with Gasteiger partial charge >= 0.3 is 6.09 Å². The molecule has 0 radical (unpaired) electrons. The highest BCUT2D eigenvalue weighted by Gasteiger charge is 2.38. The Balaban J connectivity index is 3.50. The molecule has 0 fully saturated rings. The van der Waals surface area contributed by atoms with Crippen molar-refractivity contribution in [2.24, 2.45) is 5.92 Å². The third-order valence-corrected chi connectivity index (χ3v) is 6.92. The number of hydrogen-bond donors (Lipinski definition) is 2. The molecule has 3 atom stereocenters. The van der Waals surface area contributed by atoms with Gasteiger partial charge in [-0.1, -0.05) is 78.0 Å². The van der Waals surface area contributed by atoms with E-state index in [1.54, 1.807) is 25.7 Å². The minimum atomic E-state index is -0.807. The Morgan fingerprint density at radius 3 is 2.13 bits per heavy atom. The number of carbonyl (C=O) groups is 3. The maximum absolute atomic E-state index is 14.3. The lowest BCUT2D eigenvalue weighted by Gasteiger charge is -2.36. The highest BCUT2D eigenvalue weighted by Crippen LogP contribution is 2.27. The van der Waals surface area contributed by atoms with Crippen molar-refractivity contribution in [1.82, 2.24) is 15.5 Å². The van der Waals surface area contributed by atoms with Crippen molar-refractivity contribution in [3.05, 3.63) is 34.9 Å². The summed E-state index contributed by atoms with van der Waals surface area (Å²) < 4.78 is 5.49. The van der Waals surface area contributed by atoms with E-state index in [-0.39, 0.29) is 17.7 Å². The van der Waals surface area contributed by atoms with E-state index >= 15 is 0 Å². The molecule has 3 amide bonds. The van der Waals surface area contributed by atoms with Gasteiger partial charge in [-0.25, -0.2) is 4.79 Å². The van der Waals surface area contributed by atoms with E-state index in [2.05, 4.69) is 24.5 Å². The summed E-state index contributed by atoms with van der Waals surface area (Å²) in [6, 6.07) is 4.36. The number of benzene rings is 1. The van der Waals surface area contributed by atoms with Crippen LogP contribution in [0.4, 0.5) is 4.79 Å². The third kappa shape index (κ3) is 11.0. The van der Waals surface area contributed by atoms with Crippen molar-refractivity contribution >= 4 is 17.9 Å². The first-order valence-corrected chi connectivity index (χ1v) is 14.5. The summed E-state index contributed by atoms with van der Waals surface area (Å²) >= 11 is 0. The van der Waals surface area contributed by atoms with E-state index in [1.807, 2.05) is 45.9 Å². The number of rotatable bonds is 15. The van der Waals surface area contributed by atoms with E-state index in [1.165, 1.54) is 0 Å². The standard InChI is InChI=1S/C31H53N3O4/c1-10-13-15-19-32-28(35)27(25-18-17-23(5)24(6)21-25)34(20-16-14-11-2)29(36)26(22(4)12-3)33-30(37)38-31(7,8)9/h17-18,21-22,26-27H,10-16,19-20H2,1-9H3,(H,32,35)(H,33,37). The Bertz CT molecular complexity index is 894. The Hall–Kier alpha value is -2.57.